The summed E-state index contributed by atoms with van der Waals surface area (Å²) >= 11 is 0. The first-order valence-corrected chi connectivity index (χ1v) is 11.1. The number of aliphatic hydroxyl groups excluding tert-OH is 1. The number of sulfone groups is 1. The van der Waals surface area contributed by atoms with E-state index in [4.69, 9.17) is 4.74 Å². The number of rotatable bonds is 11. The fraction of sp³-hybridized carbons (Fsp3) is 0.455. The Morgan fingerprint density at radius 3 is 2.15 bits per heavy atom. The Labute approximate surface area is 163 Å². The Kier molecular flexibility index (Phi) is 8.48. The molecule has 5 heteroatoms. The zero-order valence-electron chi connectivity index (χ0n) is 16.1. The number of hydrogen-bond donors (Lipinski definition) is 1. The predicted octanol–water partition coefficient (Wildman–Crippen LogP) is 4.09. The molecule has 1 N–H and O–H groups in total. The molecule has 2 aromatic rings. The molecule has 0 radical (unpaired) electrons. The van der Waals surface area contributed by atoms with Crippen molar-refractivity contribution in [2.45, 2.75) is 44.3 Å². The van der Waals surface area contributed by atoms with Crippen LogP contribution in [0.5, 0.6) is 0 Å². The van der Waals surface area contributed by atoms with Gasteiger partial charge in [-0.3, -0.25) is 0 Å². The van der Waals surface area contributed by atoms with Crippen LogP contribution in [0.3, 0.4) is 0 Å². The lowest BCUT2D eigenvalue weighted by atomic mass is 9.90. The molecule has 2 atom stereocenters. The molecule has 0 aromatic heterocycles. The summed E-state index contributed by atoms with van der Waals surface area (Å²) in [5.74, 6) is -0.270. The van der Waals surface area contributed by atoms with E-state index in [-0.39, 0.29) is 17.6 Å². The molecule has 2 rings (SSSR count). The lowest BCUT2D eigenvalue weighted by Gasteiger charge is -2.26. The molecule has 2 aromatic carbocycles. The van der Waals surface area contributed by atoms with Gasteiger partial charge in [0.25, 0.3) is 0 Å². The zero-order valence-corrected chi connectivity index (χ0v) is 16.9. The van der Waals surface area contributed by atoms with Crippen molar-refractivity contribution in [3.63, 3.8) is 0 Å². The van der Waals surface area contributed by atoms with E-state index in [0.717, 1.165) is 5.56 Å². The van der Waals surface area contributed by atoms with Gasteiger partial charge in [-0.2, -0.15) is 0 Å². The van der Waals surface area contributed by atoms with Crippen molar-refractivity contribution in [1.82, 2.24) is 0 Å². The molecule has 0 aliphatic rings. The molecule has 148 valence electrons. The van der Waals surface area contributed by atoms with Crippen molar-refractivity contribution in [2.24, 2.45) is 11.8 Å². The second-order valence-electron chi connectivity index (χ2n) is 7.25. The third-order valence-electron chi connectivity index (χ3n) is 4.76. The van der Waals surface area contributed by atoms with Gasteiger partial charge < -0.3 is 9.84 Å². The van der Waals surface area contributed by atoms with Gasteiger partial charge in [0.15, 0.2) is 9.84 Å². The summed E-state index contributed by atoms with van der Waals surface area (Å²) in [6.07, 6.45) is 0.564. The van der Waals surface area contributed by atoms with Gasteiger partial charge in [0.1, 0.15) is 0 Å². The minimum absolute atomic E-state index is 0.0410. The third-order valence-corrected chi connectivity index (χ3v) is 6.58. The first-order valence-electron chi connectivity index (χ1n) is 9.47. The molecule has 0 bridgehead atoms. The number of hydrogen-bond acceptors (Lipinski definition) is 4. The fourth-order valence-electron chi connectivity index (χ4n) is 3.10. The Morgan fingerprint density at radius 1 is 0.963 bits per heavy atom. The van der Waals surface area contributed by atoms with Crippen LogP contribution < -0.4 is 0 Å². The van der Waals surface area contributed by atoms with Crippen LogP contribution in [0.2, 0.25) is 0 Å². The molecule has 0 aliphatic heterocycles. The average molecular weight is 391 g/mol. The number of aliphatic hydroxyl groups is 1. The highest BCUT2D eigenvalue weighted by Crippen LogP contribution is 2.24. The number of benzene rings is 2. The van der Waals surface area contributed by atoms with Gasteiger partial charge >= 0.3 is 0 Å². The van der Waals surface area contributed by atoms with Crippen molar-refractivity contribution in [3.05, 3.63) is 66.2 Å². The van der Waals surface area contributed by atoms with E-state index in [9.17, 15) is 13.5 Å². The lowest BCUT2D eigenvalue weighted by Crippen LogP contribution is -2.32. The summed E-state index contributed by atoms with van der Waals surface area (Å²) < 4.78 is 30.9. The second-order valence-corrected chi connectivity index (χ2v) is 9.28. The molecular formula is C22H30O4S. The summed E-state index contributed by atoms with van der Waals surface area (Å²) in [4.78, 5) is 0.314. The van der Waals surface area contributed by atoms with Crippen LogP contribution in [0, 0.1) is 11.8 Å². The molecular weight excluding hydrogens is 360 g/mol. The monoisotopic (exact) mass is 390 g/mol. The summed E-state index contributed by atoms with van der Waals surface area (Å²) in [5.41, 5.74) is 1.12. The second kappa shape index (κ2) is 10.6. The Hall–Kier alpha value is -1.69. The Morgan fingerprint density at radius 2 is 1.56 bits per heavy atom. The van der Waals surface area contributed by atoms with Crippen molar-refractivity contribution < 1.29 is 18.3 Å². The summed E-state index contributed by atoms with van der Waals surface area (Å²) in [7, 11) is -3.41. The van der Waals surface area contributed by atoms with E-state index in [0.29, 0.717) is 31.0 Å². The topological polar surface area (TPSA) is 63.6 Å². The molecule has 0 amide bonds. The first kappa shape index (κ1) is 21.6. The highest BCUT2D eigenvalue weighted by atomic mass is 32.2. The largest absolute Gasteiger partial charge is 0.393 e. The molecule has 0 unspecified atom stereocenters. The molecule has 0 spiro atoms. The molecule has 0 saturated carbocycles. The van der Waals surface area contributed by atoms with Crippen LogP contribution in [0.1, 0.15) is 32.3 Å². The number of ether oxygens (including phenoxy) is 1. The van der Waals surface area contributed by atoms with E-state index in [2.05, 4.69) is 0 Å². The summed E-state index contributed by atoms with van der Waals surface area (Å²) in [6.45, 7) is 5.01. The van der Waals surface area contributed by atoms with Crippen molar-refractivity contribution in [2.75, 3.05) is 12.4 Å². The van der Waals surface area contributed by atoms with Crippen LogP contribution in [0.15, 0.2) is 65.6 Å². The maximum Gasteiger partial charge on any atom is 0.178 e. The Bertz CT molecular complexity index is 757. The van der Waals surface area contributed by atoms with Gasteiger partial charge in [-0.25, -0.2) is 8.42 Å². The van der Waals surface area contributed by atoms with E-state index < -0.39 is 15.9 Å². The minimum Gasteiger partial charge on any atom is -0.393 e. The van der Waals surface area contributed by atoms with Crippen molar-refractivity contribution in [1.29, 1.82) is 0 Å². The van der Waals surface area contributed by atoms with Gasteiger partial charge in [-0.05, 0) is 36.5 Å². The molecule has 27 heavy (non-hydrogen) atoms. The lowest BCUT2D eigenvalue weighted by molar-refractivity contribution is 0.0627. The molecule has 0 fully saturated rings. The van der Waals surface area contributed by atoms with Gasteiger partial charge in [0, 0.05) is 12.5 Å². The van der Waals surface area contributed by atoms with Crippen LogP contribution in [0.4, 0.5) is 0 Å². The SMILES string of the molecule is CC(C)[C@@H](CS(=O)(=O)c1ccccc1)[C@H](O)CCCOCc1ccccc1. The maximum atomic E-state index is 12.6. The maximum absolute atomic E-state index is 12.6. The standard InChI is InChI=1S/C22H30O4S/c1-18(2)21(17-27(24,25)20-12-7-4-8-13-20)22(23)14-9-15-26-16-19-10-5-3-6-11-19/h3-8,10-13,18,21-23H,9,14-17H2,1-2H3/t21-,22-/m1/s1. The van der Waals surface area contributed by atoms with Crippen LogP contribution in [-0.4, -0.2) is 32.0 Å². The minimum atomic E-state index is -3.41. The smallest absolute Gasteiger partial charge is 0.178 e. The van der Waals surface area contributed by atoms with Crippen LogP contribution in [0.25, 0.3) is 0 Å². The molecule has 0 heterocycles. The van der Waals surface area contributed by atoms with E-state index >= 15 is 0 Å². The van der Waals surface area contributed by atoms with Crippen molar-refractivity contribution in [3.8, 4) is 0 Å². The Balaban J connectivity index is 1.83. The van der Waals surface area contributed by atoms with E-state index in [1.54, 1.807) is 30.3 Å². The summed E-state index contributed by atoms with van der Waals surface area (Å²) in [6, 6.07) is 18.4. The van der Waals surface area contributed by atoms with Crippen LogP contribution >= 0.6 is 0 Å². The molecule has 0 aliphatic carbocycles. The average Bonchev–Trinajstić information content (AvgIpc) is 2.67. The van der Waals surface area contributed by atoms with Crippen LogP contribution in [-0.2, 0) is 21.2 Å². The predicted molar refractivity (Wildman–Crippen MR) is 108 cm³/mol. The molecule has 0 saturated heterocycles. The highest BCUT2D eigenvalue weighted by Gasteiger charge is 2.29. The summed E-state index contributed by atoms with van der Waals surface area (Å²) in [5, 5.41) is 10.6. The van der Waals surface area contributed by atoms with Crippen molar-refractivity contribution >= 4 is 9.84 Å². The zero-order chi connectivity index (χ0) is 19.7. The fourth-order valence-corrected chi connectivity index (χ4v) is 4.98. The van der Waals surface area contributed by atoms with Gasteiger partial charge in [0.2, 0.25) is 0 Å². The van der Waals surface area contributed by atoms with E-state index in [1.165, 1.54) is 0 Å². The van der Waals surface area contributed by atoms with Gasteiger partial charge in [0.05, 0.1) is 23.4 Å². The normalized spacial score (nSPS) is 14.2. The third kappa shape index (κ3) is 7.09. The van der Waals surface area contributed by atoms with E-state index in [1.807, 2.05) is 44.2 Å². The van der Waals surface area contributed by atoms with Gasteiger partial charge in [-0.15, -0.1) is 0 Å². The van der Waals surface area contributed by atoms with Gasteiger partial charge in [-0.1, -0.05) is 62.4 Å². The first-order chi connectivity index (χ1) is 12.9. The highest BCUT2D eigenvalue weighted by molar-refractivity contribution is 7.91. The molecule has 4 nitrogen and oxygen atoms in total. The quantitative estimate of drug-likeness (QED) is 0.587.